The number of carboxylic acids is 2. The third-order valence-electron chi connectivity index (χ3n) is 6.26. The monoisotopic (exact) mass is 582 g/mol. The first-order valence-corrected chi connectivity index (χ1v) is 16.5. The summed E-state index contributed by atoms with van der Waals surface area (Å²) in [6.07, 6.45) is 50.7. The van der Waals surface area contributed by atoms with Crippen molar-refractivity contribution in [1.29, 1.82) is 0 Å². The average molecular weight is 583 g/mol. The van der Waals surface area contributed by atoms with E-state index in [9.17, 15) is 9.59 Å². The van der Waals surface area contributed by atoms with Gasteiger partial charge in [0.1, 0.15) is 0 Å². The third-order valence-corrected chi connectivity index (χ3v) is 6.26. The Morgan fingerprint density at radius 2 is 0.738 bits per heavy atom. The van der Waals surface area contributed by atoms with Crippen molar-refractivity contribution in [2.45, 2.75) is 142 Å². The fraction of sp³-hybridized carbons (Fsp3) is 0.579. The summed E-state index contributed by atoms with van der Waals surface area (Å²) in [5.41, 5.74) is 0. The minimum Gasteiger partial charge on any atom is -0.481 e. The minimum absolute atomic E-state index is 0.262. The maximum absolute atomic E-state index is 10.3. The van der Waals surface area contributed by atoms with Crippen LogP contribution in [0.1, 0.15) is 142 Å². The first kappa shape index (κ1) is 41.3. The van der Waals surface area contributed by atoms with Gasteiger partial charge in [0.15, 0.2) is 0 Å². The van der Waals surface area contributed by atoms with E-state index in [0.29, 0.717) is 6.42 Å². The number of aliphatic carboxylic acids is 2. The zero-order chi connectivity index (χ0) is 31.2. The normalized spacial score (nSPS) is 12.2. The number of hydrogen-bond acceptors (Lipinski definition) is 2. The predicted octanol–water partition coefficient (Wildman–Crippen LogP) is 11.9. The van der Waals surface area contributed by atoms with Crippen LogP contribution >= 0.6 is 0 Å². The van der Waals surface area contributed by atoms with Crippen molar-refractivity contribution in [3.8, 4) is 0 Å². The molecular formula is C38H62O4. The molecule has 0 amide bonds. The number of unbranched alkanes of at least 4 members (excludes halogenated alkanes) is 9. The molecule has 2 N–H and O–H groups in total. The summed E-state index contributed by atoms with van der Waals surface area (Å²) in [4.78, 5) is 20.6. The fourth-order valence-corrected chi connectivity index (χ4v) is 3.83. The van der Waals surface area contributed by atoms with Crippen LogP contribution in [-0.2, 0) is 9.59 Å². The van der Waals surface area contributed by atoms with Crippen LogP contribution in [0.2, 0.25) is 0 Å². The van der Waals surface area contributed by atoms with Crippen LogP contribution in [0.25, 0.3) is 0 Å². The van der Waals surface area contributed by atoms with E-state index in [1.807, 2.05) is 0 Å². The fourth-order valence-electron chi connectivity index (χ4n) is 3.83. The molecule has 0 aromatic heterocycles. The third kappa shape index (κ3) is 44.1. The van der Waals surface area contributed by atoms with Crippen LogP contribution in [0.4, 0.5) is 0 Å². The van der Waals surface area contributed by atoms with E-state index in [1.165, 1.54) is 38.5 Å². The largest absolute Gasteiger partial charge is 0.481 e. The van der Waals surface area contributed by atoms with Gasteiger partial charge < -0.3 is 10.2 Å². The van der Waals surface area contributed by atoms with E-state index < -0.39 is 11.9 Å². The molecule has 0 bridgehead atoms. The summed E-state index contributed by atoms with van der Waals surface area (Å²) >= 11 is 0. The van der Waals surface area contributed by atoms with Crippen molar-refractivity contribution in [1.82, 2.24) is 0 Å². The first-order valence-electron chi connectivity index (χ1n) is 16.5. The van der Waals surface area contributed by atoms with Crippen molar-refractivity contribution in [2.24, 2.45) is 0 Å². The molecule has 0 aliphatic carbocycles. The molecule has 0 aromatic carbocycles. The second-order valence-corrected chi connectivity index (χ2v) is 10.4. The summed E-state index contributed by atoms with van der Waals surface area (Å²) in [6, 6.07) is 0. The average Bonchev–Trinajstić information content (AvgIpc) is 2.97. The van der Waals surface area contributed by atoms with Crippen LogP contribution in [0.15, 0.2) is 85.1 Å². The highest BCUT2D eigenvalue weighted by molar-refractivity contribution is 5.66. The summed E-state index contributed by atoms with van der Waals surface area (Å²) < 4.78 is 0. The molecule has 4 nitrogen and oxygen atoms in total. The van der Waals surface area contributed by atoms with Gasteiger partial charge in [-0.1, -0.05) is 131 Å². The summed E-state index contributed by atoms with van der Waals surface area (Å²) in [5, 5.41) is 17.0. The van der Waals surface area contributed by atoms with Gasteiger partial charge >= 0.3 is 11.9 Å². The van der Waals surface area contributed by atoms with Crippen molar-refractivity contribution < 1.29 is 19.8 Å². The topological polar surface area (TPSA) is 74.6 Å². The van der Waals surface area contributed by atoms with Gasteiger partial charge in [-0.05, 0) is 83.5 Å². The number of allylic oxidation sites excluding steroid dienone is 14. The summed E-state index contributed by atoms with van der Waals surface area (Å²) in [5.74, 6) is -1.39. The Bertz CT molecular complexity index is 796. The maximum atomic E-state index is 10.3. The van der Waals surface area contributed by atoms with Crippen LogP contribution in [0.5, 0.6) is 0 Å². The van der Waals surface area contributed by atoms with E-state index in [1.54, 1.807) is 0 Å². The van der Waals surface area contributed by atoms with Gasteiger partial charge in [0.25, 0.3) is 0 Å². The molecule has 42 heavy (non-hydrogen) atoms. The molecule has 4 heteroatoms. The lowest BCUT2D eigenvalue weighted by molar-refractivity contribution is -0.138. The second kappa shape index (κ2) is 38.1. The molecule has 0 aromatic rings. The molecule has 0 fully saturated rings. The highest BCUT2D eigenvalue weighted by atomic mass is 16.4. The molecule has 0 heterocycles. The van der Waals surface area contributed by atoms with Crippen LogP contribution in [-0.4, -0.2) is 22.2 Å². The van der Waals surface area contributed by atoms with Gasteiger partial charge in [-0.2, -0.15) is 0 Å². The van der Waals surface area contributed by atoms with Crippen LogP contribution in [0.3, 0.4) is 0 Å². The SMILES string of the molecule is CC/C=C\C/C=C\C/C=C\CCCCCCCC(=O)O.CCCCC/C=C\C/C=C\C/C=C\C/C=C\CCCC(=O)O. The Kier molecular flexibility index (Phi) is 37.4. The van der Waals surface area contributed by atoms with Crippen LogP contribution < -0.4 is 0 Å². The molecule has 0 saturated heterocycles. The Morgan fingerprint density at radius 1 is 0.405 bits per heavy atom. The van der Waals surface area contributed by atoms with Gasteiger partial charge in [0, 0.05) is 12.8 Å². The molecule has 0 spiro atoms. The van der Waals surface area contributed by atoms with Gasteiger partial charge in [-0.3, -0.25) is 9.59 Å². The Hall–Kier alpha value is -2.88. The van der Waals surface area contributed by atoms with Gasteiger partial charge in [-0.25, -0.2) is 0 Å². The van der Waals surface area contributed by atoms with E-state index >= 15 is 0 Å². The van der Waals surface area contributed by atoms with E-state index in [0.717, 1.165) is 77.0 Å². The smallest absolute Gasteiger partial charge is 0.303 e. The quantitative estimate of drug-likeness (QED) is 0.0746. The van der Waals surface area contributed by atoms with Crippen LogP contribution in [0, 0.1) is 0 Å². The second-order valence-electron chi connectivity index (χ2n) is 10.4. The molecule has 0 rings (SSSR count). The van der Waals surface area contributed by atoms with E-state index in [2.05, 4.69) is 98.9 Å². The Labute approximate surface area is 258 Å². The number of rotatable bonds is 27. The van der Waals surface area contributed by atoms with Crippen molar-refractivity contribution >= 4 is 11.9 Å². The number of carboxylic acid groups (broad SMARTS) is 2. The van der Waals surface area contributed by atoms with Crippen molar-refractivity contribution in [3.05, 3.63) is 85.1 Å². The minimum atomic E-state index is -0.712. The summed E-state index contributed by atoms with van der Waals surface area (Å²) in [7, 11) is 0. The molecular weight excluding hydrogens is 520 g/mol. The highest BCUT2D eigenvalue weighted by Gasteiger charge is 1.96. The standard InChI is InChI=1S/C20H32O2.C18H30O2/c1-2-3-4-5-6-7-8-9-10-11-12-13-14-15-16-17-18-19-20(21)22;1-2-3-4-5-6-7-8-9-10-11-12-13-14-15-16-17-18(19)20/h6-7,9-10,12-13,15-16H,2-5,8,11,14,17-19H2,1H3,(H,21,22);3-4,6-7,9-10H,2,5,8,11-17H2,1H3,(H,19,20)/b7-6-,10-9-,13-12-,16-15-;4-3-,7-6-,10-9-. The van der Waals surface area contributed by atoms with E-state index in [4.69, 9.17) is 10.2 Å². The predicted molar refractivity (Wildman–Crippen MR) is 183 cm³/mol. The number of carbonyl (C=O) groups is 2. The Morgan fingerprint density at radius 3 is 1.17 bits per heavy atom. The molecule has 238 valence electrons. The highest BCUT2D eigenvalue weighted by Crippen LogP contribution is 2.08. The number of hydrogen-bond donors (Lipinski definition) is 2. The van der Waals surface area contributed by atoms with Gasteiger partial charge in [0.2, 0.25) is 0 Å². The van der Waals surface area contributed by atoms with Gasteiger partial charge in [0.05, 0.1) is 0 Å². The molecule has 0 aliphatic heterocycles. The van der Waals surface area contributed by atoms with E-state index in [-0.39, 0.29) is 6.42 Å². The lowest BCUT2D eigenvalue weighted by atomic mass is 10.1. The van der Waals surface area contributed by atoms with Crippen molar-refractivity contribution in [3.63, 3.8) is 0 Å². The first-order chi connectivity index (χ1) is 20.5. The molecule has 0 aliphatic rings. The van der Waals surface area contributed by atoms with Gasteiger partial charge in [-0.15, -0.1) is 0 Å². The zero-order valence-electron chi connectivity index (χ0n) is 26.9. The molecule has 0 saturated carbocycles. The lowest BCUT2D eigenvalue weighted by Crippen LogP contribution is -1.93. The maximum Gasteiger partial charge on any atom is 0.303 e. The summed E-state index contributed by atoms with van der Waals surface area (Å²) in [6.45, 7) is 4.38. The zero-order valence-corrected chi connectivity index (χ0v) is 26.9. The van der Waals surface area contributed by atoms with Crippen molar-refractivity contribution in [2.75, 3.05) is 0 Å². The molecule has 0 unspecified atom stereocenters. The molecule has 0 radical (unpaired) electrons. The Balaban J connectivity index is 0. The molecule has 0 atom stereocenters. The lowest BCUT2D eigenvalue weighted by Gasteiger charge is -1.98.